The second-order valence-corrected chi connectivity index (χ2v) is 6.83. The van der Waals surface area contributed by atoms with Crippen LogP contribution in [0.25, 0.3) is 0 Å². The highest BCUT2D eigenvalue weighted by molar-refractivity contribution is 7.89. The molecule has 18 heavy (non-hydrogen) atoms. The van der Waals surface area contributed by atoms with Crippen LogP contribution in [0.15, 0.2) is 23.1 Å². The fraction of sp³-hybridized carbons (Fsp3) is 0.417. The van der Waals surface area contributed by atoms with Crippen molar-refractivity contribution in [2.24, 2.45) is 0 Å². The third kappa shape index (κ3) is 2.51. The van der Waals surface area contributed by atoms with E-state index in [-0.39, 0.29) is 21.0 Å². The first-order valence-corrected chi connectivity index (χ1v) is 7.46. The third-order valence-corrected chi connectivity index (χ3v) is 5.31. The summed E-state index contributed by atoms with van der Waals surface area (Å²) in [5.74, 6) is 0. The number of rotatable bonds is 3. The van der Waals surface area contributed by atoms with E-state index in [0.717, 1.165) is 19.3 Å². The maximum absolute atomic E-state index is 12.2. The molecule has 0 aliphatic heterocycles. The Morgan fingerprint density at radius 1 is 1.44 bits per heavy atom. The van der Waals surface area contributed by atoms with E-state index in [9.17, 15) is 8.42 Å². The monoisotopic (exact) mass is 284 g/mol. The molecule has 0 spiro atoms. The predicted octanol–water partition coefficient (Wildman–Crippen LogP) is 2.43. The fourth-order valence-electron chi connectivity index (χ4n) is 1.97. The third-order valence-electron chi connectivity index (χ3n) is 3.19. The van der Waals surface area contributed by atoms with Crippen LogP contribution in [-0.4, -0.2) is 14.0 Å². The van der Waals surface area contributed by atoms with Crippen LogP contribution in [0.4, 0.5) is 0 Å². The minimum Gasteiger partial charge on any atom is -0.207 e. The Labute approximate surface area is 112 Å². The van der Waals surface area contributed by atoms with Gasteiger partial charge in [-0.2, -0.15) is 5.26 Å². The summed E-state index contributed by atoms with van der Waals surface area (Å²) in [5, 5.41) is 8.93. The first-order valence-electron chi connectivity index (χ1n) is 5.60. The summed E-state index contributed by atoms with van der Waals surface area (Å²) in [4.78, 5) is -0.0312. The number of hydrogen-bond acceptors (Lipinski definition) is 3. The number of hydrogen-bond donors (Lipinski definition) is 1. The number of halogens is 1. The van der Waals surface area contributed by atoms with E-state index < -0.39 is 10.0 Å². The molecule has 1 aromatic carbocycles. The second kappa shape index (κ2) is 4.54. The van der Waals surface area contributed by atoms with Gasteiger partial charge in [0.05, 0.1) is 16.7 Å². The van der Waals surface area contributed by atoms with Crippen LogP contribution in [0.2, 0.25) is 5.02 Å². The van der Waals surface area contributed by atoms with Gasteiger partial charge in [-0.25, -0.2) is 13.1 Å². The molecule has 1 aliphatic carbocycles. The molecule has 0 heterocycles. The highest BCUT2D eigenvalue weighted by Crippen LogP contribution is 2.33. The summed E-state index contributed by atoms with van der Waals surface area (Å²) in [6.07, 6.45) is 2.66. The van der Waals surface area contributed by atoms with Crippen molar-refractivity contribution in [1.82, 2.24) is 4.72 Å². The SMILES string of the molecule is CC1(NS(=O)(=O)c2cc(C#N)ccc2Cl)CCC1. The van der Waals surface area contributed by atoms with Crippen molar-refractivity contribution < 1.29 is 8.42 Å². The van der Waals surface area contributed by atoms with Crippen molar-refractivity contribution in [2.75, 3.05) is 0 Å². The van der Waals surface area contributed by atoms with Crippen LogP contribution in [0, 0.1) is 11.3 Å². The van der Waals surface area contributed by atoms with Gasteiger partial charge in [-0.15, -0.1) is 0 Å². The minimum atomic E-state index is -3.68. The van der Waals surface area contributed by atoms with E-state index in [1.165, 1.54) is 18.2 Å². The number of nitriles is 1. The summed E-state index contributed by atoms with van der Waals surface area (Å²) in [6.45, 7) is 1.87. The lowest BCUT2D eigenvalue weighted by atomic mass is 9.80. The molecule has 4 nitrogen and oxygen atoms in total. The Balaban J connectivity index is 2.38. The van der Waals surface area contributed by atoms with Crippen LogP contribution in [-0.2, 0) is 10.0 Å². The van der Waals surface area contributed by atoms with Gasteiger partial charge in [-0.1, -0.05) is 11.6 Å². The summed E-state index contributed by atoms with van der Waals surface area (Å²) in [5.41, 5.74) is -0.108. The predicted molar refractivity (Wildman–Crippen MR) is 68.7 cm³/mol. The number of sulfonamides is 1. The van der Waals surface area contributed by atoms with Crippen molar-refractivity contribution in [2.45, 2.75) is 36.6 Å². The largest absolute Gasteiger partial charge is 0.242 e. The van der Waals surface area contributed by atoms with Crippen molar-refractivity contribution in [3.63, 3.8) is 0 Å². The first kappa shape index (κ1) is 13.3. The van der Waals surface area contributed by atoms with Crippen molar-refractivity contribution >= 4 is 21.6 Å². The molecule has 2 rings (SSSR count). The Hall–Kier alpha value is -1.09. The average molecular weight is 285 g/mol. The smallest absolute Gasteiger partial charge is 0.207 e. The number of benzene rings is 1. The molecular formula is C12H13ClN2O2S. The molecule has 1 N–H and O–H groups in total. The van der Waals surface area contributed by atoms with E-state index >= 15 is 0 Å². The number of nitrogens with zero attached hydrogens (tertiary/aromatic N) is 1. The molecule has 0 aromatic heterocycles. The van der Waals surface area contributed by atoms with Crippen LogP contribution in [0.1, 0.15) is 31.7 Å². The maximum atomic E-state index is 12.2. The van der Waals surface area contributed by atoms with Crippen molar-refractivity contribution in [3.8, 4) is 6.07 Å². The topological polar surface area (TPSA) is 70.0 Å². The van der Waals surface area contributed by atoms with Gasteiger partial charge in [0.2, 0.25) is 10.0 Å². The molecular weight excluding hydrogens is 272 g/mol. The van der Waals surface area contributed by atoms with Gasteiger partial charge in [-0.3, -0.25) is 0 Å². The van der Waals surface area contributed by atoms with Crippen LogP contribution in [0.5, 0.6) is 0 Å². The van der Waals surface area contributed by atoms with Crippen LogP contribution < -0.4 is 4.72 Å². The first-order chi connectivity index (χ1) is 8.36. The zero-order chi connectivity index (χ0) is 13.4. The van der Waals surface area contributed by atoms with Gasteiger partial charge in [0.1, 0.15) is 4.90 Å². The highest BCUT2D eigenvalue weighted by atomic mass is 35.5. The lowest BCUT2D eigenvalue weighted by Crippen LogP contribution is -2.50. The molecule has 0 unspecified atom stereocenters. The summed E-state index contributed by atoms with van der Waals surface area (Å²) in [7, 11) is -3.68. The van der Waals surface area contributed by atoms with E-state index in [1.807, 2.05) is 13.0 Å². The molecule has 1 aromatic rings. The minimum absolute atomic E-state index is 0.0312. The van der Waals surface area contributed by atoms with E-state index in [4.69, 9.17) is 16.9 Å². The van der Waals surface area contributed by atoms with Gasteiger partial charge in [0.15, 0.2) is 0 Å². The Morgan fingerprint density at radius 3 is 2.61 bits per heavy atom. The normalized spacial score (nSPS) is 17.8. The van der Waals surface area contributed by atoms with E-state index in [1.54, 1.807) is 0 Å². The second-order valence-electron chi connectivity index (χ2n) is 4.78. The molecule has 0 bridgehead atoms. The molecule has 6 heteroatoms. The molecule has 1 saturated carbocycles. The Kier molecular flexibility index (Phi) is 3.37. The summed E-state index contributed by atoms with van der Waals surface area (Å²) >= 11 is 5.90. The number of nitrogens with one attached hydrogen (secondary N) is 1. The van der Waals surface area contributed by atoms with Gasteiger partial charge < -0.3 is 0 Å². The van der Waals surface area contributed by atoms with Crippen LogP contribution in [0.3, 0.4) is 0 Å². The van der Waals surface area contributed by atoms with Gasteiger partial charge in [0, 0.05) is 5.54 Å². The van der Waals surface area contributed by atoms with E-state index in [2.05, 4.69) is 4.72 Å². The molecule has 1 aliphatic rings. The molecule has 96 valence electrons. The Bertz CT molecular complexity index is 615. The zero-order valence-corrected chi connectivity index (χ0v) is 11.5. The van der Waals surface area contributed by atoms with Crippen molar-refractivity contribution in [1.29, 1.82) is 5.26 Å². The van der Waals surface area contributed by atoms with E-state index in [0.29, 0.717) is 0 Å². The van der Waals surface area contributed by atoms with Gasteiger partial charge in [-0.05, 0) is 44.4 Å². The quantitative estimate of drug-likeness (QED) is 0.927. The molecule has 0 radical (unpaired) electrons. The fourth-order valence-corrected chi connectivity index (χ4v) is 3.96. The average Bonchev–Trinajstić information content (AvgIpc) is 2.27. The molecule has 0 saturated heterocycles. The molecule has 0 atom stereocenters. The zero-order valence-electron chi connectivity index (χ0n) is 9.90. The lowest BCUT2D eigenvalue weighted by Gasteiger charge is -2.38. The van der Waals surface area contributed by atoms with Crippen LogP contribution >= 0.6 is 11.6 Å². The Morgan fingerprint density at radius 2 is 2.11 bits per heavy atom. The van der Waals surface area contributed by atoms with Crippen molar-refractivity contribution in [3.05, 3.63) is 28.8 Å². The van der Waals surface area contributed by atoms with Gasteiger partial charge >= 0.3 is 0 Å². The lowest BCUT2D eigenvalue weighted by molar-refractivity contribution is 0.248. The maximum Gasteiger partial charge on any atom is 0.242 e. The summed E-state index contributed by atoms with van der Waals surface area (Å²) in [6, 6.07) is 6.13. The molecule has 0 amide bonds. The summed E-state index contributed by atoms with van der Waals surface area (Å²) < 4.78 is 27.1. The standard InChI is InChI=1S/C12H13ClN2O2S/c1-12(5-2-6-12)15-18(16,17)11-7-9(8-14)3-4-10(11)13/h3-4,7,15H,2,5-6H2,1H3. The highest BCUT2D eigenvalue weighted by Gasteiger charge is 2.36. The molecule has 1 fully saturated rings. The van der Waals surface area contributed by atoms with Gasteiger partial charge in [0.25, 0.3) is 0 Å².